The Morgan fingerprint density at radius 3 is 2.70 bits per heavy atom. The second-order valence-electron chi connectivity index (χ2n) is 6.33. The summed E-state index contributed by atoms with van der Waals surface area (Å²) < 4.78 is 6.66. The Labute approximate surface area is 152 Å². The summed E-state index contributed by atoms with van der Waals surface area (Å²) in [6.45, 7) is 1.71. The highest BCUT2D eigenvalue weighted by atomic mass is 16.5. The van der Waals surface area contributed by atoms with Crippen molar-refractivity contribution in [3.63, 3.8) is 0 Å². The van der Waals surface area contributed by atoms with Crippen molar-refractivity contribution in [3.8, 4) is 17.3 Å². The van der Waals surface area contributed by atoms with E-state index in [1.807, 2.05) is 0 Å². The minimum atomic E-state index is -1.19. The van der Waals surface area contributed by atoms with Crippen LogP contribution in [-0.2, 0) is 4.79 Å². The van der Waals surface area contributed by atoms with Gasteiger partial charge < -0.3 is 25.2 Å². The molecule has 27 heavy (non-hydrogen) atoms. The van der Waals surface area contributed by atoms with E-state index in [-0.39, 0.29) is 35.1 Å². The zero-order valence-electron chi connectivity index (χ0n) is 14.1. The number of hydrogen-bond donors (Lipinski definition) is 4. The van der Waals surface area contributed by atoms with E-state index in [9.17, 15) is 24.9 Å². The molecule has 0 spiro atoms. The number of nitrogens with zero attached hydrogens (tertiary/aromatic N) is 2. The Bertz CT molecular complexity index is 1080. The molecule has 4 rings (SSSR count). The quantitative estimate of drug-likeness (QED) is 0.520. The van der Waals surface area contributed by atoms with Crippen LogP contribution in [0, 0.1) is 6.92 Å². The van der Waals surface area contributed by atoms with Crippen molar-refractivity contribution in [1.82, 2.24) is 9.72 Å². The van der Waals surface area contributed by atoms with E-state index in [1.54, 1.807) is 23.6 Å². The molecule has 1 amide bonds. The van der Waals surface area contributed by atoms with E-state index in [1.165, 1.54) is 18.3 Å². The maximum absolute atomic E-state index is 12.2. The lowest BCUT2D eigenvalue weighted by molar-refractivity contribution is -0.116. The normalized spacial score (nSPS) is 16.0. The summed E-state index contributed by atoms with van der Waals surface area (Å²) in [7, 11) is 0. The van der Waals surface area contributed by atoms with E-state index in [0.717, 1.165) is 0 Å². The van der Waals surface area contributed by atoms with Gasteiger partial charge in [-0.2, -0.15) is 0 Å². The molecule has 3 aromatic rings. The molecule has 1 unspecified atom stereocenters. The van der Waals surface area contributed by atoms with Gasteiger partial charge in [-0.3, -0.25) is 9.36 Å². The van der Waals surface area contributed by atoms with E-state index in [2.05, 4.69) is 10.5 Å². The number of hydrogen-bond acceptors (Lipinski definition) is 6. The average molecular weight is 369 g/mol. The largest absolute Gasteiger partial charge is 0.504 e. The van der Waals surface area contributed by atoms with Gasteiger partial charge in [0.05, 0.1) is 11.4 Å². The number of carbonyl (C=O) groups is 2. The third-order valence-electron chi connectivity index (χ3n) is 4.52. The summed E-state index contributed by atoms with van der Waals surface area (Å²) >= 11 is 0. The van der Waals surface area contributed by atoms with Crippen molar-refractivity contribution in [2.45, 2.75) is 19.3 Å². The predicted octanol–water partition coefficient (Wildman–Crippen LogP) is 2.36. The lowest BCUT2D eigenvalue weighted by Gasteiger charge is -2.25. The highest BCUT2D eigenvalue weighted by molar-refractivity contribution is 6.04. The molecule has 0 saturated carbocycles. The van der Waals surface area contributed by atoms with Crippen LogP contribution < -0.4 is 5.32 Å². The maximum atomic E-state index is 12.2. The van der Waals surface area contributed by atoms with Gasteiger partial charge in [0.1, 0.15) is 11.3 Å². The Hall–Kier alpha value is -3.75. The van der Waals surface area contributed by atoms with E-state index in [0.29, 0.717) is 22.8 Å². The summed E-state index contributed by atoms with van der Waals surface area (Å²) in [6, 6.07) is 5.90. The number of aromatic carboxylic acids is 1. The zero-order chi connectivity index (χ0) is 19.3. The van der Waals surface area contributed by atoms with Gasteiger partial charge in [-0.1, -0.05) is 11.2 Å². The molecule has 0 saturated heterocycles. The fourth-order valence-electron chi connectivity index (χ4n) is 3.32. The molecule has 9 nitrogen and oxygen atoms in total. The molecule has 0 bridgehead atoms. The molecule has 0 fully saturated rings. The zero-order valence-corrected chi connectivity index (χ0v) is 14.1. The first kappa shape index (κ1) is 16.7. The Morgan fingerprint density at radius 2 is 2.07 bits per heavy atom. The molecule has 1 aliphatic rings. The highest BCUT2D eigenvalue weighted by Crippen LogP contribution is 2.43. The molecule has 2 aromatic heterocycles. The van der Waals surface area contributed by atoms with Crippen LogP contribution in [0.1, 0.15) is 39.7 Å². The molecule has 3 heterocycles. The van der Waals surface area contributed by atoms with Gasteiger partial charge in [0, 0.05) is 24.6 Å². The van der Waals surface area contributed by atoms with E-state index in [4.69, 9.17) is 4.52 Å². The Balaban J connectivity index is 1.97. The number of carbonyl (C=O) groups excluding carboxylic acids is 1. The van der Waals surface area contributed by atoms with Crippen LogP contribution in [0.5, 0.6) is 11.5 Å². The van der Waals surface area contributed by atoms with Gasteiger partial charge >= 0.3 is 5.97 Å². The number of benzene rings is 1. The summed E-state index contributed by atoms with van der Waals surface area (Å²) in [5, 5.41) is 35.5. The lowest BCUT2D eigenvalue weighted by Crippen LogP contribution is -2.25. The van der Waals surface area contributed by atoms with Gasteiger partial charge in [0.15, 0.2) is 17.3 Å². The number of phenolic OH excluding ortho intramolecular Hbond substituents is 2. The fourth-order valence-corrected chi connectivity index (χ4v) is 3.32. The minimum absolute atomic E-state index is 0.0388. The number of aryl methyl sites for hydroxylation is 1. The number of phenols is 2. The summed E-state index contributed by atoms with van der Waals surface area (Å²) in [6.07, 6.45) is 1.42. The van der Waals surface area contributed by atoms with Crippen molar-refractivity contribution in [1.29, 1.82) is 0 Å². The highest BCUT2D eigenvalue weighted by Gasteiger charge is 2.35. The van der Waals surface area contributed by atoms with Crippen molar-refractivity contribution >= 4 is 17.6 Å². The van der Waals surface area contributed by atoms with Crippen LogP contribution >= 0.6 is 0 Å². The molecule has 1 aliphatic heterocycles. The van der Waals surface area contributed by atoms with Gasteiger partial charge in [0.2, 0.25) is 5.91 Å². The molecular weight excluding hydrogens is 354 g/mol. The topological polar surface area (TPSA) is 138 Å². The predicted molar refractivity (Wildman–Crippen MR) is 92.4 cm³/mol. The van der Waals surface area contributed by atoms with Gasteiger partial charge in [0.25, 0.3) is 0 Å². The molecule has 4 N–H and O–H groups in total. The molecule has 138 valence electrons. The third kappa shape index (κ3) is 2.69. The number of fused-ring (bicyclic) bond motifs is 1. The summed E-state index contributed by atoms with van der Waals surface area (Å²) in [5.74, 6) is -1.79. The van der Waals surface area contributed by atoms with Crippen molar-refractivity contribution in [2.75, 3.05) is 5.32 Å². The van der Waals surface area contributed by atoms with Crippen LogP contribution in [0.4, 0.5) is 5.69 Å². The molecule has 1 atom stereocenters. The SMILES string of the molecule is Cc1cc(-n2cc(C(=O)O)c3c2C(c2ccc(O)c(O)c2)CC(=O)N3)no1. The standard InChI is InChI=1S/C18H15N3O6/c1-8-4-14(20-27-8)21-7-11(18(25)26)16-17(21)10(6-15(24)19-16)9-2-3-12(22)13(23)5-9/h2-5,7,10,22-23H,6H2,1H3,(H,19,24)(H,25,26). The van der Waals surface area contributed by atoms with Crippen LogP contribution in [0.2, 0.25) is 0 Å². The monoisotopic (exact) mass is 369 g/mol. The van der Waals surface area contributed by atoms with Gasteiger partial charge in [-0.05, 0) is 24.6 Å². The lowest BCUT2D eigenvalue weighted by atomic mass is 9.88. The van der Waals surface area contributed by atoms with Gasteiger partial charge in [-0.25, -0.2) is 4.79 Å². The third-order valence-corrected chi connectivity index (χ3v) is 4.52. The smallest absolute Gasteiger partial charge is 0.339 e. The first-order chi connectivity index (χ1) is 12.8. The van der Waals surface area contributed by atoms with Crippen LogP contribution in [0.25, 0.3) is 5.82 Å². The average Bonchev–Trinajstić information content (AvgIpc) is 3.20. The number of nitrogens with one attached hydrogen (secondary N) is 1. The van der Waals surface area contributed by atoms with Crippen LogP contribution in [0.15, 0.2) is 35.0 Å². The fraction of sp³-hybridized carbons (Fsp3) is 0.167. The molecule has 0 aliphatic carbocycles. The minimum Gasteiger partial charge on any atom is -0.504 e. The number of anilines is 1. The van der Waals surface area contributed by atoms with Gasteiger partial charge in [-0.15, -0.1) is 0 Å². The second kappa shape index (κ2) is 5.90. The summed E-state index contributed by atoms with van der Waals surface area (Å²) in [4.78, 5) is 23.9. The summed E-state index contributed by atoms with van der Waals surface area (Å²) in [5.41, 5.74) is 1.16. The van der Waals surface area contributed by atoms with Crippen LogP contribution in [-0.4, -0.2) is 36.9 Å². The van der Waals surface area contributed by atoms with Crippen molar-refractivity contribution in [3.05, 3.63) is 53.0 Å². The second-order valence-corrected chi connectivity index (χ2v) is 6.33. The number of rotatable bonds is 3. The molecular formula is C18H15N3O6. The number of aromatic hydroxyl groups is 2. The van der Waals surface area contributed by atoms with Crippen molar-refractivity contribution < 1.29 is 29.4 Å². The molecule has 9 heteroatoms. The van der Waals surface area contributed by atoms with E-state index < -0.39 is 11.9 Å². The maximum Gasteiger partial charge on any atom is 0.339 e. The van der Waals surface area contributed by atoms with E-state index >= 15 is 0 Å². The first-order valence-corrected chi connectivity index (χ1v) is 8.09. The Kier molecular flexibility index (Phi) is 3.65. The number of amides is 1. The van der Waals surface area contributed by atoms with Crippen LogP contribution in [0.3, 0.4) is 0 Å². The first-order valence-electron chi connectivity index (χ1n) is 8.09. The number of carboxylic acid groups (broad SMARTS) is 1. The number of carboxylic acids is 1. The number of aromatic nitrogens is 2. The van der Waals surface area contributed by atoms with Crippen molar-refractivity contribution in [2.24, 2.45) is 0 Å². The Morgan fingerprint density at radius 1 is 1.30 bits per heavy atom. The molecule has 0 radical (unpaired) electrons. The molecule has 1 aromatic carbocycles.